The summed E-state index contributed by atoms with van der Waals surface area (Å²) in [7, 11) is -0.271. The van der Waals surface area contributed by atoms with Gasteiger partial charge in [0.15, 0.2) is 0 Å². The van der Waals surface area contributed by atoms with Crippen molar-refractivity contribution < 1.29 is 13.2 Å². The normalized spacial score (nSPS) is 30.1. The van der Waals surface area contributed by atoms with E-state index in [1.165, 1.54) is 19.3 Å². The van der Waals surface area contributed by atoms with E-state index in [-0.39, 0.29) is 5.54 Å². The summed E-state index contributed by atoms with van der Waals surface area (Å²) in [5.74, 6) is 1.41. The molecule has 3 saturated carbocycles. The minimum atomic E-state index is -3.69. The maximum absolute atomic E-state index is 14.1. The van der Waals surface area contributed by atoms with E-state index < -0.39 is 15.6 Å². The molecule has 1 atom stereocenters. The average molecular weight is 469 g/mol. The Kier molecular flexibility index (Phi) is 5.52. The fourth-order valence-corrected chi connectivity index (χ4v) is 8.07. The van der Waals surface area contributed by atoms with E-state index in [0.717, 1.165) is 55.0 Å². The van der Waals surface area contributed by atoms with Gasteiger partial charge in [0.25, 0.3) is 0 Å². The Hall–Kier alpha value is -2.05. The number of anilines is 1. The number of unbranched alkanes of at least 4 members (excludes halogenated alkanes) is 1. The van der Waals surface area contributed by atoms with Gasteiger partial charge in [-0.15, -0.1) is 0 Å². The topological polar surface area (TPSA) is 49.9 Å². The van der Waals surface area contributed by atoms with E-state index >= 15 is 0 Å². The number of nitrogens with zero attached hydrogens (tertiary/aromatic N) is 2. The van der Waals surface area contributed by atoms with Gasteiger partial charge in [-0.2, -0.15) is 4.31 Å². The number of ether oxygens (including phenoxy) is 1. The molecule has 0 N–H and O–H groups in total. The van der Waals surface area contributed by atoms with Crippen LogP contribution in [0.4, 0.5) is 5.69 Å². The van der Waals surface area contributed by atoms with Crippen LogP contribution in [0.25, 0.3) is 11.1 Å². The highest BCUT2D eigenvalue weighted by Gasteiger charge is 2.62. The van der Waals surface area contributed by atoms with Crippen molar-refractivity contribution in [3.8, 4) is 16.9 Å². The maximum atomic E-state index is 14.1. The zero-order chi connectivity index (χ0) is 23.4. The van der Waals surface area contributed by atoms with Crippen LogP contribution in [0.3, 0.4) is 0 Å². The van der Waals surface area contributed by atoms with Gasteiger partial charge in [0.05, 0.1) is 18.3 Å². The van der Waals surface area contributed by atoms with Gasteiger partial charge in [0, 0.05) is 30.8 Å². The Morgan fingerprint density at radius 2 is 1.79 bits per heavy atom. The van der Waals surface area contributed by atoms with Crippen molar-refractivity contribution in [3.63, 3.8) is 0 Å². The molecule has 2 aromatic rings. The molecule has 0 radical (unpaired) electrons. The lowest BCUT2D eigenvalue weighted by molar-refractivity contribution is -0.0311. The summed E-state index contributed by atoms with van der Waals surface area (Å²) in [5.41, 5.74) is 2.53. The van der Waals surface area contributed by atoms with Crippen LogP contribution in [-0.2, 0) is 10.0 Å². The fourth-order valence-electron chi connectivity index (χ4n) is 6.30. The predicted molar refractivity (Wildman–Crippen MR) is 133 cm³/mol. The highest BCUT2D eigenvalue weighted by Crippen LogP contribution is 2.63. The lowest BCUT2D eigenvalue weighted by Crippen LogP contribution is -2.71. The van der Waals surface area contributed by atoms with Gasteiger partial charge in [-0.1, -0.05) is 57.0 Å². The van der Waals surface area contributed by atoms with E-state index in [4.69, 9.17) is 4.74 Å². The third-order valence-corrected chi connectivity index (χ3v) is 10.6. The molecule has 3 fully saturated rings. The molecule has 0 amide bonds. The van der Waals surface area contributed by atoms with Crippen molar-refractivity contribution in [2.24, 2.45) is 5.92 Å². The van der Waals surface area contributed by atoms with Crippen molar-refractivity contribution in [2.75, 3.05) is 25.6 Å². The van der Waals surface area contributed by atoms with Gasteiger partial charge >= 0.3 is 0 Å². The third-order valence-electron chi connectivity index (χ3n) is 8.65. The monoisotopic (exact) mass is 468 g/mol. The molecule has 0 aromatic heterocycles. The molecule has 1 aliphatic heterocycles. The van der Waals surface area contributed by atoms with Crippen LogP contribution in [0.5, 0.6) is 5.75 Å². The van der Waals surface area contributed by atoms with Gasteiger partial charge < -0.3 is 9.64 Å². The van der Waals surface area contributed by atoms with Crippen LogP contribution < -0.4 is 9.64 Å². The molecule has 1 heterocycles. The van der Waals surface area contributed by atoms with Gasteiger partial charge in [-0.3, -0.25) is 0 Å². The molecule has 5 nitrogen and oxygen atoms in total. The molecule has 6 rings (SSSR count). The summed E-state index contributed by atoms with van der Waals surface area (Å²) >= 11 is 0. The standard InChI is InChI=1S/C27H36N2O3S/c1-5-7-13-26(6-2)19-29(27-16-20(17-27)18-27)23-14-22(21-11-9-8-10-12-21)24(32-4)15-25(23)33(30,31)28(26)3/h8-12,14-15,20H,5-7,13,16-19H2,1-4H3/t20?,26-,27?/m1/s1. The molecule has 0 saturated heterocycles. The summed E-state index contributed by atoms with van der Waals surface area (Å²) in [5, 5.41) is 0. The summed E-state index contributed by atoms with van der Waals surface area (Å²) in [4.78, 5) is 2.88. The zero-order valence-corrected chi connectivity index (χ0v) is 21.1. The Morgan fingerprint density at radius 3 is 2.33 bits per heavy atom. The quantitative estimate of drug-likeness (QED) is 0.523. The molecule has 33 heavy (non-hydrogen) atoms. The first kappa shape index (κ1) is 22.7. The second-order valence-electron chi connectivity index (χ2n) is 10.3. The fraction of sp³-hybridized carbons (Fsp3) is 0.556. The Balaban J connectivity index is 1.74. The molecule has 0 spiro atoms. The van der Waals surface area contributed by atoms with Crippen molar-refractivity contribution in [1.82, 2.24) is 4.31 Å². The SMILES string of the molecule is CCCC[C@]1(CC)CN(C23CC(C2)C3)c2cc(-c3ccccc3)c(OC)cc2S(=O)(=O)N1C. The highest BCUT2D eigenvalue weighted by atomic mass is 32.2. The largest absolute Gasteiger partial charge is 0.496 e. The molecule has 4 aliphatic rings. The number of rotatable bonds is 7. The lowest BCUT2D eigenvalue weighted by atomic mass is 9.48. The van der Waals surface area contributed by atoms with Crippen LogP contribution >= 0.6 is 0 Å². The van der Waals surface area contributed by atoms with Crippen molar-refractivity contribution >= 4 is 15.7 Å². The minimum Gasteiger partial charge on any atom is -0.496 e. The second-order valence-corrected chi connectivity index (χ2v) is 12.3. The zero-order valence-electron chi connectivity index (χ0n) is 20.3. The molecule has 0 unspecified atom stereocenters. The van der Waals surface area contributed by atoms with E-state index in [1.54, 1.807) is 24.5 Å². The number of sulfonamides is 1. The molecular formula is C27H36N2O3S. The van der Waals surface area contributed by atoms with Crippen molar-refractivity contribution in [2.45, 2.75) is 74.8 Å². The van der Waals surface area contributed by atoms with Gasteiger partial charge in [0.1, 0.15) is 10.6 Å². The summed E-state index contributed by atoms with van der Waals surface area (Å²) < 4.78 is 35.7. The smallest absolute Gasteiger partial charge is 0.245 e. The highest BCUT2D eigenvalue weighted by molar-refractivity contribution is 7.89. The van der Waals surface area contributed by atoms with E-state index in [2.05, 4.69) is 36.9 Å². The Labute approximate surface area is 198 Å². The molecule has 2 aromatic carbocycles. The molecule has 2 bridgehead atoms. The van der Waals surface area contributed by atoms with E-state index in [1.807, 2.05) is 18.2 Å². The molecular weight excluding hydrogens is 432 g/mol. The average Bonchev–Trinajstić information content (AvgIpc) is 2.84. The number of likely N-dealkylation sites (N-methyl/N-ethyl adjacent to an activating group) is 1. The minimum absolute atomic E-state index is 0.106. The molecule has 178 valence electrons. The van der Waals surface area contributed by atoms with Gasteiger partial charge in [-0.05, 0) is 49.7 Å². The van der Waals surface area contributed by atoms with E-state index in [0.29, 0.717) is 10.6 Å². The Bertz CT molecular complexity index is 1130. The molecule has 6 heteroatoms. The number of benzene rings is 2. The number of methoxy groups -OCH3 is 1. The summed E-state index contributed by atoms with van der Waals surface area (Å²) in [6, 6.07) is 14.0. The van der Waals surface area contributed by atoms with E-state index in [9.17, 15) is 8.42 Å². The summed E-state index contributed by atoms with van der Waals surface area (Å²) in [6.07, 6.45) is 7.29. The van der Waals surface area contributed by atoms with Crippen LogP contribution in [0.15, 0.2) is 47.4 Å². The van der Waals surface area contributed by atoms with Crippen molar-refractivity contribution in [1.29, 1.82) is 0 Å². The molecule has 3 aliphatic carbocycles. The van der Waals surface area contributed by atoms with Gasteiger partial charge in [0.2, 0.25) is 10.0 Å². The maximum Gasteiger partial charge on any atom is 0.245 e. The Morgan fingerprint density at radius 1 is 1.09 bits per heavy atom. The first-order valence-electron chi connectivity index (χ1n) is 12.3. The van der Waals surface area contributed by atoms with Crippen molar-refractivity contribution in [3.05, 3.63) is 42.5 Å². The first-order valence-corrected chi connectivity index (χ1v) is 13.8. The van der Waals surface area contributed by atoms with Crippen LogP contribution in [0.2, 0.25) is 0 Å². The van der Waals surface area contributed by atoms with Crippen LogP contribution in [0.1, 0.15) is 58.8 Å². The van der Waals surface area contributed by atoms with Crippen LogP contribution in [-0.4, -0.2) is 44.5 Å². The predicted octanol–water partition coefficient (Wildman–Crippen LogP) is 5.69. The number of fused-ring (bicyclic) bond motifs is 1. The van der Waals surface area contributed by atoms with Gasteiger partial charge in [-0.25, -0.2) is 8.42 Å². The second kappa shape index (κ2) is 8.02. The number of hydrogen-bond acceptors (Lipinski definition) is 4. The number of hydrogen-bond donors (Lipinski definition) is 0. The summed E-state index contributed by atoms with van der Waals surface area (Å²) in [6.45, 7) is 5.08. The van der Waals surface area contributed by atoms with Crippen LogP contribution in [0, 0.1) is 5.92 Å². The lowest BCUT2D eigenvalue weighted by Gasteiger charge is -2.68. The first-order chi connectivity index (χ1) is 15.8. The third kappa shape index (κ3) is 3.32.